The number of phenols is 1. The molecule has 0 saturated carbocycles. The van der Waals surface area contributed by atoms with E-state index in [2.05, 4.69) is 5.32 Å². The Morgan fingerprint density at radius 1 is 1.00 bits per heavy atom. The second-order valence-electron chi connectivity index (χ2n) is 4.86. The van der Waals surface area contributed by atoms with Crippen LogP contribution in [0.4, 0.5) is 5.69 Å². The molecule has 1 aliphatic carbocycles. The molecule has 2 aromatic rings. The Morgan fingerprint density at radius 3 is 2.55 bits per heavy atom. The maximum absolute atomic E-state index is 9.51. The highest BCUT2D eigenvalue weighted by molar-refractivity contribution is 6.44. The minimum absolute atomic E-state index is 0.167. The first-order chi connectivity index (χ1) is 9.54. The third-order valence-corrected chi connectivity index (χ3v) is 4.58. The number of aromatic hydroxyl groups is 1. The van der Waals surface area contributed by atoms with Gasteiger partial charge in [0.25, 0.3) is 0 Å². The molecule has 0 spiro atoms. The summed E-state index contributed by atoms with van der Waals surface area (Å²) in [7, 11) is 0. The lowest BCUT2D eigenvalue weighted by Gasteiger charge is -2.17. The van der Waals surface area contributed by atoms with Gasteiger partial charge >= 0.3 is 0 Å². The highest BCUT2D eigenvalue weighted by Gasteiger charge is 2.23. The zero-order valence-electron chi connectivity index (χ0n) is 10.5. The van der Waals surface area contributed by atoms with Gasteiger partial charge in [0, 0.05) is 0 Å². The van der Waals surface area contributed by atoms with Crippen molar-refractivity contribution in [2.24, 2.45) is 0 Å². The normalized spacial score (nSPS) is 17.1. The number of aryl methyl sites for hydroxylation is 1. The summed E-state index contributed by atoms with van der Waals surface area (Å²) in [5, 5.41) is 14.4. The van der Waals surface area contributed by atoms with E-state index in [0.717, 1.165) is 18.5 Å². The van der Waals surface area contributed by atoms with Crippen LogP contribution in [0.1, 0.15) is 23.6 Å². The molecule has 0 saturated heterocycles. The zero-order valence-corrected chi connectivity index (χ0v) is 12.7. The molecule has 0 aliphatic heterocycles. The van der Waals surface area contributed by atoms with Gasteiger partial charge in [-0.25, -0.2) is 0 Å². The second-order valence-corrected chi connectivity index (χ2v) is 6.09. The van der Waals surface area contributed by atoms with Gasteiger partial charge in [0.1, 0.15) is 5.75 Å². The van der Waals surface area contributed by atoms with E-state index in [-0.39, 0.29) is 6.04 Å². The van der Waals surface area contributed by atoms with Crippen LogP contribution in [-0.2, 0) is 6.42 Å². The largest absolute Gasteiger partial charge is 0.508 e. The molecule has 2 nitrogen and oxygen atoms in total. The number of hydrogen-bond donors (Lipinski definition) is 2. The summed E-state index contributed by atoms with van der Waals surface area (Å²) in [6.07, 6.45) is 1.88. The fourth-order valence-corrected chi connectivity index (χ4v) is 3.18. The monoisotopic (exact) mass is 327 g/mol. The quantitative estimate of drug-likeness (QED) is 0.718. The van der Waals surface area contributed by atoms with Crippen LogP contribution in [0.25, 0.3) is 0 Å². The van der Waals surface area contributed by atoms with Crippen LogP contribution in [0.3, 0.4) is 0 Å². The van der Waals surface area contributed by atoms with Crippen molar-refractivity contribution >= 4 is 40.5 Å². The van der Waals surface area contributed by atoms with Crippen molar-refractivity contribution in [1.29, 1.82) is 0 Å². The minimum atomic E-state index is 0.167. The highest BCUT2D eigenvalue weighted by Crippen LogP contribution is 2.39. The third kappa shape index (κ3) is 2.56. The lowest BCUT2D eigenvalue weighted by Crippen LogP contribution is -2.07. The first-order valence-corrected chi connectivity index (χ1v) is 7.41. The fourth-order valence-electron chi connectivity index (χ4n) is 2.57. The number of hydrogen-bond acceptors (Lipinski definition) is 2. The summed E-state index contributed by atoms with van der Waals surface area (Å²) in [5.74, 6) is 0.303. The maximum atomic E-state index is 9.51. The average molecular weight is 329 g/mol. The van der Waals surface area contributed by atoms with E-state index in [1.165, 1.54) is 11.1 Å². The number of fused-ring (bicyclic) bond motifs is 1. The van der Waals surface area contributed by atoms with Crippen LogP contribution in [0, 0.1) is 0 Å². The number of nitrogens with one attached hydrogen (secondary N) is 1. The predicted octanol–water partition coefficient (Wildman–Crippen LogP) is 5.45. The number of halogens is 3. The van der Waals surface area contributed by atoms with E-state index in [1.54, 1.807) is 18.2 Å². The van der Waals surface area contributed by atoms with E-state index >= 15 is 0 Å². The number of benzene rings is 2. The standard InChI is InChI=1S/C15H12Cl3NO/c16-11-6-13(18)15(7-12(11)17)19-14-4-1-8-5-9(20)2-3-10(8)14/h2-3,5-7,14,19-20H,1,4H2. The van der Waals surface area contributed by atoms with Crippen LogP contribution >= 0.6 is 34.8 Å². The predicted molar refractivity (Wildman–Crippen MR) is 84.3 cm³/mol. The third-order valence-electron chi connectivity index (χ3n) is 3.54. The molecule has 0 fully saturated rings. The lowest BCUT2D eigenvalue weighted by molar-refractivity contribution is 0.474. The summed E-state index contributed by atoms with van der Waals surface area (Å²) in [6, 6.07) is 9.01. The van der Waals surface area contributed by atoms with E-state index < -0.39 is 0 Å². The average Bonchev–Trinajstić information content (AvgIpc) is 2.78. The van der Waals surface area contributed by atoms with Gasteiger partial charge in [-0.1, -0.05) is 40.9 Å². The van der Waals surface area contributed by atoms with Crippen LogP contribution in [0.5, 0.6) is 5.75 Å². The van der Waals surface area contributed by atoms with Crippen molar-refractivity contribution < 1.29 is 5.11 Å². The summed E-state index contributed by atoms with van der Waals surface area (Å²) >= 11 is 18.1. The molecule has 2 aromatic carbocycles. The first-order valence-electron chi connectivity index (χ1n) is 6.27. The van der Waals surface area contributed by atoms with E-state index in [9.17, 15) is 5.11 Å². The van der Waals surface area contributed by atoms with Gasteiger partial charge in [0.05, 0.1) is 26.8 Å². The second kappa shape index (κ2) is 5.36. The summed E-state index contributed by atoms with van der Waals surface area (Å²) < 4.78 is 0. The van der Waals surface area contributed by atoms with E-state index in [1.807, 2.05) is 12.1 Å². The molecule has 1 aliphatic rings. The molecule has 2 N–H and O–H groups in total. The van der Waals surface area contributed by atoms with Crippen molar-refractivity contribution in [2.45, 2.75) is 18.9 Å². The molecule has 104 valence electrons. The number of anilines is 1. The van der Waals surface area contributed by atoms with Gasteiger partial charge in [-0.3, -0.25) is 0 Å². The Hall–Kier alpha value is -1.09. The molecule has 3 rings (SSSR count). The molecule has 0 heterocycles. The Morgan fingerprint density at radius 2 is 1.75 bits per heavy atom. The molecule has 20 heavy (non-hydrogen) atoms. The van der Waals surface area contributed by atoms with Gasteiger partial charge in [0.2, 0.25) is 0 Å². The molecule has 5 heteroatoms. The number of rotatable bonds is 2. The maximum Gasteiger partial charge on any atom is 0.115 e. The molecular formula is C15H12Cl3NO. The van der Waals surface area contributed by atoms with E-state index in [0.29, 0.717) is 20.8 Å². The minimum Gasteiger partial charge on any atom is -0.508 e. The lowest BCUT2D eigenvalue weighted by atomic mass is 10.1. The molecule has 0 amide bonds. The van der Waals surface area contributed by atoms with Crippen molar-refractivity contribution in [3.63, 3.8) is 0 Å². The summed E-state index contributed by atoms with van der Waals surface area (Å²) in [4.78, 5) is 0. The van der Waals surface area contributed by atoms with Crippen LogP contribution in [0.15, 0.2) is 30.3 Å². The SMILES string of the molecule is Oc1ccc2c(c1)CCC2Nc1cc(Cl)c(Cl)cc1Cl. The fraction of sp³-hybridized carbons (Fsp3) is 0.200. The van der Waals surface area contributed by atoms with Gasteiger partial charge in [0.15, 0.2) is 0 Å². The summed E-state index contributed by atoms with van der Waals surface area (Å²) in [6.45, 7) is 0. The summed E-state index contributed by atoms with van der Waals surface area (Å²) in [5.41, 5.74) is 3.12. The Bertz CT molecular complexity index is 672. The van der Waals surface area contributed by atoms with Crippen molar-refractivity contribution in [2.75, 3.05) is 5.32 Å². The molecular weight excluding hydrogens is 317 g/mol. The molecule has 1 atom stereocenters. The Labute approximate surface area is 132 Å². The topological polar surface area (TPSA) is 32.3 Å². The van der Waals surface area contributed by atoms with Crippen molar-refractivity contribution in [3.05, 3.63) is 56.5 Å². The van der Waals surface area contributed by atoms with E-state index in [4.69, 9.17) is 34.8 Å². The van der Waals surface area contributed by atoms with Gasteiger partial charge in [-0.15, -0.1) is 0 Å². The van der Waals surface area contributed by atoms with Crippen LogP contribution in [-0.4, -0.2) is 5.11 Å². The smallest absolute Gasteiger partial charge is 0.115 e. The molecule has 0 bridgehead atoms. The van der Waals surface area contributed by atoms with Crippen molar-refractivity contribution in [1.82, 2.24) is 0 Å². The van der Waals surface area contributed by atoms with Gasteiger partial charge in [-0.2, -0.15) is 0 Å². The van der Waals surface area contributed by atoms with Gasteiger partial charge < -0.3 is 10.4 Å². The Kier molecular flexibility index (Phi) is 3.72. The van der Waals surface area contributed by atoms with Crippen LogP contribution < -0.4 is 5.32 Å². The molecule has 1 unspecified atom stereocenters. The highest BCUT2D eigenvalue weighted by atomic mass is 35.5. The molecule has 0 aromatic heterocycles. The van der Waals surface area contributed by atoms with Gasteiger partial charge in [-0.05, 0) is 48.2 Å². The van der Waals surface area contributed by atoms with Crippen molar-refractivity contribution in [3.8, 4) is 5.75 Å². The number of phenolic OH excluding ortho intramolecular Hbond substituents is 1. The zero-order chi connectivity index (χ0) is 14.3. The Balaban J connectivity index is 1.89. The van der Waals surface area contributed by atoms with Crippen LogP contribution in [0.2, 0.25) is 15.1 Å². The molecule has 0 radical (unpaired) electrons. The first kappa shape index (κ1) is 13.9.